The van der Waals surface area contributed by atoms with Crippen molar-refractivity contribution in [3.8, 4) is 0 Å². The first-order chi connectivity index (χ1) is 14.6. The van der Waals surface area contributed by atoms with Crippen molar-refractivity contribution in [1.29, 1.82) is 0 Å². The van der Waals surface area contributed by atoms with Crippen LogP contribution < -0.4 is 10.6 Å². The fourth-order valence-corrected chi connectivity index (χ4v) is 3.91. The zero-order valence-electron chi connectivity index (χ0n) is 16.5. The summed E-state index contributed by atoms with van der Waals surface area (Å²) in [4.78, 5) is 24.9. The lowest BCUT2D eigenvalue weighted by molar-refractivity contribution is 0.0918. The summed E-state index contributed by atoms with van der Waals surface area (Å²) >= 11 is 0. The number of aromatic nitrogens is 3. The third kappa shape index (κ3) is 3.24. The standard InChI is InChI=1S/C23H21N5O2/c1-15-11-24-23(30)21-9-17-7-8-19(10-20(17)28(15)21)26-22(29)18-12-25-27(14-18)13-16-5-3-2-4-6-16/h2-10,12,14-15H,11,13H2,1H3,(H,24,30)(H,26,29). The molecule has 0 aliphatic carbocycles. The van der Waals surface area contributed by atoms with Gasteiger partial charge in [0.15, 0.2) is 0 Å². The van der Waals surface area contributed by atoms with Crippen LogP contribution in [0.1, 0.15) is 39.4 Å². The number of carbonyl (C=O) groups excluding carboxylic acids is 2. The van der Waals surface area contributed by atoms with Crippen LogP contribution in [0.25, 0.3) is 10.9 Å². The van der Waals surface area contributed by atoms with Crippen molar-refractivity contribution in [3.05, 3.63) is 83.8 Å². The van der Waals surface area contributed by atoms with Crippen LogP contribution in [0.4, 0.5) is 5.69 Å². The molecule has 0 radical (unpaired) electrons. The maximum Gasteiger partial charge on any atom is 0.268 e. The van der Waals surface area contributed by atoms with E-state index < -0.39 is 0 Å². The van der Waals surface area contributed by atoms with Gasteiger partial charge in [-0.3, -0.25) is 14.3 Å². The molecule has 3 heterocycles. The summed E-state index contributed by atoms with van der Waals surface area (Å²) in [6, 6.07) is 17.7. The second-order valence-corrected chi connectivity index (χ2v) is 7.60. The van der Waals surface area contributed by atoms with Gasteiger partial charge in [-0.15, -0.1) is 0 Å². The number of fused-ring (bicyclic) bond motifs is 3. The molecule has 30 heavy (non-hydrogen) atoms. The third-order valence-electron chi connectivity index (χ3n) is 5.41. The smallest absolute Gasteiger partial charge is 0.268 e. The molecule has 7 heteroatoms. The summed E-state index contributed by atoms with van der Waals surface area (Å²) in [5, 5.41) is 11.1. The molecule has 1 atom stereocenters. The van der Waals surface area contributed by atoms with Gasteiger partial charge in [0, 0.05) is 29.9 Å². The highest BCUT2D eigenvalue weighted by atomic mass is 16.2. The van der Waals surface area contributed by atoms with E-state index in [9.17, 15) is 9.59 Å². The van der Waals surface area contributed by atoms with Gasteiger partial charge >= 0.3 is 0 Å². The number of nitrogens with zero attached hydrogens (tertiary/aromatic N) is 3. The third-order valence-corrected chi connectivity index (χ3v) is 5.41. The Morgan fingerprint density at radius 3 is 2.87 bits per heavy atom. The number of benzene rings is 2. The van der Waals surface area contributed by atoms with Gasteiger partial charge in [-0.1, -0.05) is 36.4 Å². The quantitative estimate of drug-likeness (QED) is 0.552. The number of hydrogen-bond donors (Lipinski definition) is 2. The van der Waals surface area contributed by atoms with Crippen molar-refractivity contribution >= 4 is 28.4 Å². The van der Waals surface area contributed by atoms with Crippen molar-refractivity contribution in [2.24, 2.45) is 0 Å². The van der Waals surface area contributed by atoms with Gasteiger partial charge in [-0.05, 0) is 30.7 Å². The minimum absolute atomic E-state index is 0.0688. The van der Waals surface area contributed by atoms with E-state index >= 15 is 0 Å². The molecular formula is C23H21N5O2. The van der Waals surface area contributed by atoms with Crippen molar-refractivity contribution in [2.45, 2.75) is 19.5 Å². The lowest BCUT2D eigenvalue weighted by Gasteiger charge is -2.24. The molecule has 0 bridgehead atoms. The maximum absolute atomic E-state index is 12.7. The molecule has 1 aliphatic heterocycles. The van der Waals surface area contributed by atoms with Crippen molar-refractivity contribution in [2.75, 3.05) is 11.9 Å². The summed E-state index contributed by atoms with van der Waals surface area (Å²) in [7, 11) is 0. The molecule has 150 valence electrons. The Bertz CT molecular complexity index is 1260. The van der Waals surface area contributed by atoms with Crippen LogP contribution in [0.15, 0.2) is 67.0 Å². The first-order valence-corrected chi connectivity index (χ1v) is 9.89. The summed E-state index contributed by atoms with van der Waals surface area (Å²) in [6.45, 7) is 3.26. The van der Waals surface area contributed by atoms with Gasteiger partial charge < -0.3 is 15.2 Å². The van der Waals surface area contributed by atoms with Crippen molar-refractivity contribution < 1.29 is 9.59 Å². The molecule has 0 saturated heterocycles. The topological polar surface area (TPSA) is 81.0 Å². The molecule has 5 rings (SSSR count). The SMILES string of the molecule is CC1CNC(=O)c2cc3ccc(NC(=O)c4cnn(Cc5ccccc5)c4)cc3n21. The van der Waals surface area contributed by atoms with E-state index in [1.54, 1.807) is 17.1 Å². The zero-order chi connectivity index (χ0) is 20.7. The van der Waals surface area contributed by atoms with Gasteiger partial charge in [-0.2, -0.15) is 5.10 Å². The molecule has 1 aliphatic rings. The van der Waals surface area contributed by atoms with Gasteiger partial charge in [-0.25, -0.2) is 0 Å². The van der Waals surface area contributed by atoms with Crippen LogP contribution in [0.2, 0.25) is 0 Å². The maximum atomic E-state index is 12.7. The summed E-state index contributed by atoms with van der Waals surface area (Å²) < 4.78 is 3.78. The van der Waals surface area contributed by atoms with Gasteiger partial charge in [0.1, 0.15) is 5.69 Å². The van der Waals surface area contributed by atoms with E-state index in [4.69, 9.17) is 0 Å². The fraction of sp³-hybridized carbons (Fsp3) is 0.174. The highest BCUT2D eigenvalue weighted by molar-refractivity contribution is 6.05. The molecular weight excluding hydrogens is 378 g/mol. The molecule has 0 spiro atoms. The molecule has 2 amide bonds. The molecule has 2 N–H and O–H groups in total. The normalized spacial score (nSPS) is 15.6. The number of hydrogen-bond acceptors (Lipinski definition) is 3. The average Bonchev–Trinajstić information content (AvgIpc) is 3.37. The van der Waals surface area contributed by atoms with E-state index in [0.717, 1.165) is 16.5 Å². The largest absolute Gasteiger partial charge is 0.349 e. The van der Waals surface area contributed by atoms with E-state index in [2.05, 4.69) is 22.7 Å². The molecule has 1 unspecified atom stereocenters. The molecule has 2 aromatic carbocycles. The Labute approximate surface area is 173 Å². The zero-order valence-corrected chi connectivity index (χ0v) is 16.5. The molecule has 4 aromatic rings. The molecule has 2 aromatic heterocycles. The Kier molecular flexibility index (Phi) is 4.35. The van der Waals surface area contributed by atoms with Crippen LogP contribution in [0.5, 0.6) is 0 Å². The van der Waals surface area contributed by atoms with Gasteiger partial charge in [0.2, 0.25) is 0 Å². The van der Waals surface area contributed by atoms with Crippen LogP contribution in [-0.4, -0.2) is 32.7 Å². The van der Waals surface area contributed by atoms with Crippen molar-refractivity contribution in [3.63, 3.8) is 0 Å². The first-order valence-electron chi connectivity index (χ1n) is 9.89. The number of amides is 2. The highest BCUT2D eigenvalue weighted by Gasteiger charge is 2.24. The Balaban J connectivity index is 1.37. The number of rotatable bonds is 4. The van der Waals surface area contributed by atoms with E-state index in [-0.39, 0.29) is 17.9 Å². The van der Waals surface area contributed by atoms with Crippen molar-refractivity contribution in [1.82, 2.24) is 19.7 Å². The predicted octanol–water partition coefficient (Wildman–Crippen LogP) is 3.44. The van der Waals surface area contributed by atoms with Crippen LogP contribution in [0, 0.1) is 0 Å². The Morgan fingerprint density at radius 2 is 2.03 bits per heavy atom. The number of carbonyl (C=O) groups is 2. The van der Waals surface area contributed by atoms with E-state index in [1.165, 1.54) is 0 Å². The second-order valence-electron chi connectivity index (χ2n) is 7.60. The van der Waals surface area contributed by atoms with Crippen LogP contribution >= 0.6 is 0 Å². The Hall–Kier alpha value is -3.87. The molecule has 0 fully saturated rings. The van der Waals surface area contributed by atoms with Crippen LogP contribution in [0.3, 0.4) is 0 Å². The van der Waals surface area contributed by atoms with E-state index in [0.29, 0.717) is 30.0 Å². The lowest BCUT2D eigenvalue weighted by Crippen LogP contribution is -2.37. The molecule has 7 nitrogen and oxygen atoms in total. The summed E-state index contributed by atoms with van der Waals surface area (Å²) in [5.41, 5.74) is 3.88. The highest BCUT2D eigenvalue weighted by Crippen LogP contribution is 2.29. The average molecular weight is 399 g/mol. The fourth-order valence-electron chi connectivity index (χ4n) is 3.91. The minimum atomic E-state index is -0.218. The minimum Gasteiger partial charge on any atom is -0.349 e. The lowest BCUT2D eigenvalue weighted by atomic mass is 10.2. The summed E-state index contributed by atoms with van der Waals surface area (Å²) in [5.74, 6) is -0.286. The van der Waals surface area contributed by atoms with Gasteiger partial charge in [0.25, 0.3) is 11.8 Å². The van der Waals surface area contributed by atoms with E-state index in [1.807, 2.05) is 59.2 Å². The number of anilines is 1. The first kappa shape index (κ1) is 18.2. The van der Waals surface area contributed by atoms with Crippen LogP contribution in [-0.2, 0) is 6.54 Å². The monoisotopic (exact) mass is 399 g/mol. The second kappa shape index (κ2) is 7.18. The summed E-state index contributed by atoms with van der Waals surface area (Å²) in [6.07, 6.45) is 3.31. The molecule has 0 saturated carbocycles. The predicted molar refractivity (Wildman–Crippen MR) is 115 cm³/mol. The Morgan fingerprint density at radius 1 is 1.20 bits per heavy atom. The number of nitrogens with one attached hydrogen (secondary N) is 2. The van der Waals surface area contributed by atoms with Gasteiger partial charge in [0.05, 0.1) is 23.8 Å².